The van der Waals surface area contributed by atoms with Crippen molar-refractivity contribution in [3.8, 4) is 0 Å². The molecule has 0 saturated heterocycles. The van der Waals surface area contributed by atoms with Gasteiger partial charge in [-0.05, 0) is 33.0 Å². The minimum Gasteiger partial charge on any atom is -0.385 e. The highest BCUT2D eigenvalue weighted by molar-refractivity contribution is 5.79. The van der Waals surface area contributed by atoms with Gasteiger partial charge in [0.05, 0.1) is 0 Å². The van der Waals surface area contributed by atoms with Crippen molar-refractivity contribution in [3.63, 3.8) is 0 Å². The number of ether oxygens (including phenoxy) is 1. The Kier molecular flexibility index (Phi) is 11.7. The van der Waals surface area contributed by atoms with Crippen molar-refractivity contribution >= 4 is 5.96 Å². The summed E-state index contributed by atoms with van der Waals surface area (Å²) in [7, 11) is 7.85. The molecular weight excluding hydrogens is 326 g/mol. The lowest BCUT2D eigenvalue weighted by atomic mass is 10.2. The number of nitrogens with zero attached hydrogens (tertiary/aromatic N) is 3. The Morgan fingerprint density at radius 3 is 2.54 bits per heavy atom. The van der Waals surface area contributed by atoms with Crippen LogP contribution in [0.2, 0.25) is 0 Å². The Morgan fingerprint density at radius 2 is 1.88 bits per heavy atom. The fourth-order valence-electron chi connectivity index (χ4n) is 2.60. The predicted molar refractivity (Wildman–Crippen MR) is 111 cm³/mol. The normalized spacial score (nSPS) is 13.3. The lowest BCUT2D eigenvalue weighted by Gasteiger charge is -2.26. The summed E-state index contributed by atoms with van der Waals surface area (Å²) in [5.74, 6) is 0.857. The standard InChI is InChI=1S/C20H37N5O/c1-18(25(4)17-19-10-7-6-8-11-19)16-23-20(21-2)22-12-14-24(3)13-9-15-26-5/h6-8,10-11,18H,9,12-17H2,1-5H3,(H2,21,22,23). The van der Waals surface area contributed by atoms with Crippen molar-refractivity contribution in [2.45, 2.75) is 25.9 Å². The zero-order valence-electron chi connectivity index (χ0n) is 17.2. The molecule has 6 heteroatoms. The largest absolute Gasteiger partial charge is 0.385 e. The first kappa shape index (κ1) is 22.4. The maximum Gasteiger partial charge on any atom is 0.191 e. The second-order valence-corrected chi connectivity index (χ2v) is 6.78. The molecule has 0 aromatic heterocycles. The number of guanidine groups is 1. The van der Waals surface area contributed by atoms with E-state index in [2.05, 4.69) is 76.8 Å². The minimum atomic E-state index is 0.408. The van der Waals surface area contributed by atoms with E-state index < -0.39 is 0 Å². The van der Waals surface area contributed by atoms with Crippen molar-refractivity contribution in [1.29, 1.82) is 0 Å². The number of aliphatic imine (C=N–C) groups is 1. The lowest BCUT2D eigenvalue weighted by Crippen LogP contribution is -2.46. The molecule has 0 radical (unpaired) electrons. The minimum absolute atomic E-state index is 0.408. The third-order valence-corrected chi connectivity index (χ3v) is 4.49. The number of hydrogen-bond donors (Lipinski definition) is 2. The summed E-state index contributed by atoms with van der Waals surface area (Å²) in [4.78, 5) is 8.96. The highest BCUT2D eigenvalue weighted by Gasteiger charge is 2.10. The molecule has 1 aromatic rings. The first-order chi connectivity index (χ1) is 12.6. The lowest BCUT2D eigenvalue weighted by molar-refractivity contribution is 0.180. The van der Waals surface area contributed by atoms with E-state index in [9.17, 15) is 0 Å². The van der Waals surface area contributed by atoms with E-state index in [1.807, 2.05) is 7.05 Å². The maximum absolute atomic E-state index is 5.09. The van der Waals surface area contributed by atoms with Gasteiger partial charge in [-0.3, -0.25) is 9.89 Å². The Morgan fingerprint density at radius 1 is 1.15 bits per heavy atom. The van der Waals surface area contributed by atoms with Gasteiger partial charge in [0, 0.05) is 59.5 Å². The van der Waals surface area contributed by atoms with E-state index in [1.165, 1.54) is 5.56 Å². The summed E-state index contributed by atoms with van der Waals surface area (Å²) < 4.78 is 5.09. The molecule has 0 bridgehead atoms. The van der Waals surface area contributed by atoms with Gasteiger partial charge in [0.15, 0.2) is 5.96 Å². The average molecular weight is 364 g/mol. The first-order valence-corrected chi connectivity index (χ1v) is 9.43. The summed E-state index contributed by atoms with van der Waals surface area (Å²) in [5.41, 5.74) is 1.33. The Balaban J connectivity index is 2.24. The average Bonchev–Trinajstić information content (AvgIpc) is 2.65. The number of rotatable bonds is 12. The summed E-state index contributed by atoms with van der Waals surface area (Å²) in [6.45, 7) is 7.74. The third-order valence-electron chi connectivity index (χ3n) is 4.49. The van der Waals surface area contributed by atoms with Crippen LogP contribution in [0.1, 0.15) is 18.9 Å². The van der Waals surface area contributed by atoms with Crippen molar-refractivity contribution in [2.75, 3.05) is 61.0 Å². The fraction of sp³-hybridized carbons (Fsp3) is 0.650. The second-order valence-electron chi connectivity index (χ2n) is 6.78. The molecule has 0 aliphatic carbocycles. The predicted octanol–water partition coefficient (Wildman–Crippen LogP) is 1.64. The van der Waals surface area contributed by atoms with E-state index in [-0.39, 0.29) is 0 Å². The molecule has 0 fully saturated rings. The van der Waals surface area contributed by atoms with Gasteiger partial charge in [-0.25, -0.2) is 0 Å². The second kappa shape index (κ2) is 13.6. The fourth-order valence-corrected chi connectivity index (χ4v) is 2.60. The van der Waals surface area contributed by atoms with Crippen LogP contribution in [0.15, 0.2) is 35.3 Å². The van der Waals surface area contributed by atoms with Crippen molar-refractivity contribution in [3.05, 3.63) is 35.9 Å². The van der Waals surface area contributed by atoms with Crippen LogP contribution in [0, 0.1) is 0 Å². The topological polar surface area (TPSA) is 52.1 Å². The molecule has 148 valence electrons. The summed E-state index contributed by atoms with van der Waals surface area (Å²) in [6, 6.07) is 11.0. The number of nitrogens with one attached hydrogen (secondary N) is 2. The van der Waals surface area contributed by atoms with E-state index in [0.717, 1.165) is 51.7 Å². The van der Waals surface area contributed by atoms with Crippen LogP contribution in [-0.4, -0.2) is 82.8 Å². The molecule has 0 amide bonds. The zero-order chi connectivity index (χ0) is 19.2. The molecule has 1 atom stereocenters. The van der Waals surface area contributed by atoms with Gasteiger partial charge in [0.1, 0.15) is 0 Å². The van der Waals surface area contributed by atoms with Crippen LogP contribution in [0.25, 0.3) is 0 Å². The van der Waals surface area contributed by atoms with Crippen molar-refractivity contribution < 1.29 is 4.74 Å². The van der Waals surface area contributed by atoms with Crippen molar-refractivity contribution in [1.82, 2.24) is 20.4 Å². The van der Waals surface area contributed by atoms with Gasteiger partial charge >= 0.3 is 0 Å². The molecular formula is C20H37N5O. The van der Waals surface area contributed by atoms with E-state index in [1.54, 1.807) is 7.11 Å². The molecule has 0 aliphatic heterocycles. The molecule has 2 N–H and O–H groups in total. The molecule has 6 nitrogen and oxygen atoms in total. The highest BCUT2D eigenvalue weighted by Crippen LogP contribution is 2.05. The van der Waals surface area contributed by atoms with E-state index >= 15 is 0 Å². The SMILES string of the molecule is CN=C(NCCN(C)CCCOC)NCC(C)N(C)Cc1ccccc1. The Hall–Kier alpha value is -1.63. The van der Waals surface area contributed by atoms with E-state index in [0.29, 0.717) is 6.04 Å². The number of methoxy groups -OCH3 is 1. The van der Waals surface area contributed by atoms with Crippen LogP contribution in [0.3, 0.4) is 0 Å². The number of likely N-dealkylation sites (N-methyl/N-ethyl adjacent to an activating group) is 2. The summed E-state index contributed by atoms with van der Waals surface area (Å²) in [6.07, 6.45) is 1.06. The van der Waals surface area contributed by atoms with Crippen LogP contribution in [-0.2, 0) is 11.3 Å². The summed E-state index contributed by atoms with van der Waals surface area (Å²) in [5, 5.41) is 6.80. The van der Waals surface area contributed by atoms with Crippen LogP contribution < -0.4 is 10.6 Å². The monoisotopic (exact) mass is 363 g/mol. The van der Waals surface area contributed by atoms with Crippen LogP contribution in [0.5, 0.6) is 0 Å². The number of benzene rings is 1. The maximum atomic E-state index is 5.09. The number of hydrogen-bond acceptors (Lipinski definition) is 4. The van der Waals surface area contributed by atoms with Gasteiger partial charge in [0.25, 0.3) is 0 Å². The highest BCUT2D eigenvalue weighted by atomic mass is 16.5. The van der Waals surface area contributed by atoms with Crippen molar-refractivity contribution in [2.24, 2.45) is 4.99 Å². The van der Waals surface area contributed by atoms with Gasteiger partial charge in [-0.15, -0.1) is 0 Å². The molecule has 0 heterocycles. The Labute approximate surface area is 159 Å². The smallest absolute Gasteiger partial charge is 0.191 e. The zero-order valence-corrected chi connectivity index (χ0v) is 17.2. The first-order valence-electron chi connectivity index (χ1n) is 9.43. The molecule has 26 heavy (non-hydrogen) atoms. The molecule has 1 aromatic carbocycles. The van der Waals surface area contributed by atoms with E-state index in [4.69, 9.17) is 4.74 Å². The Bertz CT molecular complexity index is 494. The van der Waals surface area contributed by atoms with Gasteiger partial charge < -0.3 is 20.3 Å². The quantitative estimate of drug-likeness (QED) is 0.336. The molecule has 1 unspecified atom stereocenters. The third kappa shape index (κ3) is 9.75. The molecule has 0 aliphatic rings. The van der Waals surface area contributed by atoms with Gasteiger partial charge in [-0.2, -0.15) is 0 Å². The molecule has 0 spiro atoms. The van der Waals surface area contributed by atoms with Crippen LogP contribution in [0.4, 0.5) is 0 Å². The van der Waals surface area contributed by atoms with Gasteiger partial charge in [0.2, 0.25) is 0 Å². The van der Waals surface area contributed by atoms with Gasteiger partial charge in [-0.1, -0.05) is 30.3 Å². The summed E-state index contributed by atoms with van der Waals surface area (Å²) >= 11 is 0. The van der Waals surface area contributed by atoms with Crippen LogP contribution >= 0.6 is 0 Å². The molecule has 0 saturated carbocycles. The molecule has 1 rings (SSSR count).